The first-order valence-electron chi connectivity index (χ1n) is 6.11. The van der Waals surface area contributed by atoms with Gasteiger partial charge in [-0.3, -0.25) is 0 Å². The summed E-state index contributed by atoms with van der Waals surface area (Å²) in [5.41, 5.74) is 7.45. The summed E-state index contributed by atoms with van der Waals surface area (Å²) in [6, 6.07) is 5.41. The number of hydrogen-bond donors (Lipinski definition) is 1. The van der Waals surface area contributed by atoms with Crippen LogP contribution in [0.5, 0.6) is 5.75 Å². The molecule has 0 spiro atoms. The highest BCUT2D eigenvalue weighted by Gasteiger charge is 2.18. The van der Waals surface area contributed by atoms with Crippen LogP contribution in [0.3, 0.4) is 0 Å². The van der Waals surface area contributed by atoms with Gasteiger partial charge in [0.15, 0.2) is 5.82 Å². The maximum absolute atomic E-state index is 6.25. The lowest BCUT2D eigenvalue weighted by Crippen LogP contribution is -2.05. The number of ether oxygens (including phenoxy) is 1. The number of rotatable bonds is 3. The summed E-state index contributed by atoms with van der Waals surface area (Å²) in [4.78, 5) is 8.88. The lowest BCUT2D eigenvalue weighted by molar-refractivity contribution is 0.416. The molecule has 1 aromatic heterocycles. The second-order valence-electron chi connectivity index (χ2n) is 4.60. The lowest BCUT2D eigenvalue weighted by atomic mass is 10.1. The molecule has 20 heavy (non-hydrogen) atoms. The Morgan fingerprint density at radius 1 is 1.30 bits per heavy atom. The second-order valence-corrected chi connectivity index (χ2v) is 5.80. The zero-order valence-electron chi connectivity index (χ0n) is 11.4. The number of nitrogens with zero attached hydrogens (tertiary/aromatic N) is 2. The van der Waals surface area contributed by atoms with Crippen LogP contribution in [0.4, 0.5) is 5.82 Å². The van der Waals surface area contributed by atoms with Crippen LogP contribution in [0, 0.1) is 0 Å². The Morgan fingerprint density at radius 2 is 2.00 bits per heavy atom. The Morgan fingerprint density at radius 3 is 2.60 bits per heavy atom. The normalized spacial score (nSPS) is 10.9. The largest absolute Gasteiger partial charge is 0.496 e. The number of methoxy groups -OCH3 is 1. The number of nitrogen functional groups attached to an aromatic ring is 1. The summed E-state index contributed by atoms with van der Waals surface area (Å²) in [5.74, 6) is 1.69. The van der Waals surface area contributed by atoms with Gasteiger partial charge in [0.25, 0.3) is 0 Å². The maximum Gasteiger partial charge on any atom is 0.167 e. The van der Waals surface area contributed by atoms with Gasteiger partial charge in [-0.1, -0.05) is 31.5 Å². The Hall–Kier alpha value is -1.33. The van der Waals surface area contributed by atoms with E-state index in [1.54, 1.807) is 13.2 Å². The molecule has 0 aliphatic heterocycles. The average Bonchev–Trinajstić information content (AvgIpc) is 2.41. The number of benzene rings is 1. The van der Waals surface area contributed by atoms with Gasteiger partial charge in [0, 0.05) is 0 Å². The molecule has 106 valence electrons. The van der Waals surface area contributed by atoms with Gasteiger partial charge in [-0.05, 0) is 34.0 Å². The molecule has 0 radical (unpaired) electrons. The van der Waals surface area contributed by atoms with E-state index in [0.29, 0.717) is 28.0 Å². The maximum atomic E-state index is 6.25. The predicted molar refractivity (Wildman–Crippen MR) is 85.2 cm³/mol. The van der Waals surface area contributed by atoms with E-state index in [2.05, 4.69) is 25.9 Å². The third kappa shape index (κ3) is 2.74. The van der Waals surface area contributed by atoms with Crippen molar-refractivity contribution in [2.24, 2.45) is 0 Å². The first-order valence-corrected chi connectivity index (χ1v) is 7.28. The van der Waals surface area contributed by atoms with Crippen molar-refractivity contribution in [3.63, 3.8) is 0 Å². The minimum atomic E-state index is 0.210. The molecule has 2 N–H and O–H groups in total. The number of halogens is 2. The molecule has 0 aliphatic carbocycles. The minimum absolute atomic E-state index is 0.210. The lowest BCUT2D eigenvalue weighted by Gasteiger charge is -2.14. The van der Waals surface area contributed by atoms with E-state index in [9.17, 15) is 0 Å². The summed E-state index contributed by atoms with van der Waals surface area (Å²) in [6.07, 6.45) is 0. The topological polar surface area (TPSA) is 61.0 Å². The van der Waals surface area contributed by atoms with Crippen LogP contribution in [0.15, 0.2) is 22.7 Å². The van der Waals surface area contributed by atoms with Crippen molar-refractivity contribution in [3.05, 3.63) is 33.4 Å². The van der Waals surface area contributed by atoms with Gasteiger partial charge >= 0.3 is 0 Å². The first-order chi connectivity index (χ1) is 9.45. The van der Waals surface area contributed by atoms with Crippen molar-refractivity contribution in [3.8, 4) is 17.1 Å². The standard InChI is InChI=1S/C14H15BrClN3O/c1-7(2)12-11(15)13(17)19-14(18-12)10-8(16)5-4-6-9(10)20-3/h4-7H,1-3H3,(H2,17,18,19). The molecule has 0 fully saturated rings. The molecular formula is C14H15BrClN3O. The van der Waals surface area contributed by atoms with E-state index in [1.807, 2.05) is 26.0 Å². The van der Waals surface area contributed by atoms with Crippen LogP contribution in [-0.4, -0.2) is 17.1 Å². The van der Waals surface area contributed by atoms with E-state index < -0.39 is 0 Å². The molecule has 6 heteroatoms. The number of hydrogen-bond acceptors (Lipinski definition) is 4. The summed E-state index contributed by atoms with van der Waals surface area (Å²) >= 11 is 9.68. The van der Waals surface area contributed by atoms with Gasteiger partial charge in [0.2, 0.25) is 0 Å². The summed E-state index contributed by atoms with van der Waals surface area (Å²) in [6.45, 7) is 4.08. The highest BCUT2D eigenvalue weighted by atomic mass is 79.9. The van der Waals surface area contributed by atoms with Crippen LogP contribution in [0.25, 0.3) is 11.4 Å². The van der Waals surface area contributed by atoms with Gasteiger partial charge < -0.3 is 10.5 Å². The molecule has 0 aliphatic rings. The van der Waals surface area contributed by atoms with Crippen LogP contribution < -0.4 is 10.5 Å². The van der Waals surface area contributed by atoms with Gasteiger partial charge in [-0.15, -0.1) is 0 Å². The summed E-state index contributed by atoms with van der Waals surface area (Å²) in [7, 11) is 1.58. The minimum Gasteiger partial charge on any atom is -0.496 e. The Balaban J connectivity index is 2.71. The molecule has 0 saturated carbocycles. The molecule has 4 nitrogen and oxygen atoms in total. The van der Waals surface area contributed by atoms with Crippen LogP contribution in [-0.2, 0) is 0 Å². The van der Waals surface area contributed by atoms with E-state index in [0.717, 1.165) is 10.2 Å². The third-order valence-corrected chi connectivity index (χ3v) is 4.00. The molecule has 0 bridgehead atoms. The van der Waals surface area contributed by atoms with E-state index in [4.69, 9.17) is 22.1 Å². The third-order valence-electron chi connectivity index (χ3n) is 2.87. The molecule has 1 heterocycles. The summed E-state index contributed by atoms with van der Waals surface area (Å²) in [5, 5.41) is 0.528. The summed E-state index contributed by atoms with van der Waals surface area (Å²) < 4.78 is 6.06. The van der Waals surface area contributed by atoms with Gasteiger partial charge in [-0.25, -0.2) is 9.97 Å². The quantitative estimate of drug-likeness (QED) is 0.892. The SMILES string of the molecule is COc1cccc(Cl)c1-c1nc(N)c(Br)c(C(C)C)n1. The highest BCUT2D eigenvalue weighted by Crippen LogP contribution is 2.37. The van der Waals surface area contributed by atoms with E-state index in [1.165, 1.54) is 0 Å². The Bertz CT molecular complexity index is 647. The average molecular weight is 357 g/mol. The number of aromatic nitrogens is 2. The smallest absolute Gasteiger partial charge is 0.167 e. The number of nitrogens with two attached hydrogens (primary N) is 1. The molecular weight excluding hydrogens is 342 g/mol. The second kappa shape index (κ2) is 5.97. The van der Waals surface area contributed by atoms with Crippen molar-refractivity contribution in [2.45, 2.75) is 19.8 Å². The fraction of sp³-hybridized carbons (Fsp3) is 0.286. The van der Waals surface area contributed by atoms with Crippen molar-refractivity contribution < 1.29 is 4.74 Å². The molecule has 0 atom stereocenters. The van der Waals surface area contributed by atoms with Crippen molar-refractivity contribution >= 4 is 33.3 Å². The molecule has 2 aromatic rings. The van der Waals surface area contributed by atoms with E-state index >= 15 is 0 Å². The Labute approximate surface area is 131 Å². The zero-order chi connectivity index (χ0) is 14.9. The van der Waals surface area contributed by atoms with Crippen LogP contribution in [0.1, 0.15) is 25.5 Å². The monoisotopic (exact) mass is 355 g/mol. The first kappa shape index (κ1) is 15.1. The predicted octanol–water partition coefficient (Wildman–Crippen LogP) is 4.27. The van der Waals surface area contributed by atoms with Gasteiger partial charge in [-0.2, -0.15) is 0 Å². The zero-order valence-corrected chi connectivity index (χ0v) is 13.8. The highest BCUT2D eigenvalue weighted by molar-refractivity contribution is 9.10. The fourth-order valence-electron chi connectivity index (χ4n) is 1.87. The molecule has 2 rings (SSSR count). The molecule has 0 unspecified atom stereocenters. The van der Waals surface area contributed by atoms with Crippen molar-refractivity contribution in [1.82, 2.24) is 9.97 Å². The van der Waals surface area contributed by atoms with Crippen molar-refractivity contribution in [2.75, 3.05) is 12.8 Å². The van der Waals surface area contributed by atoms with Crippen molar-refractivity contribution in [1.29, 1.82) is 0 Å². The molecule has 0 amide bonds. The van der Waals surface area contributed by atoms with Crippen LogP contribution >= 0.6 is 27.5 Å². The molecule has 1 aromatic carbocycles. The Kier molecular flexibility index (Phi) is 4.50. The molecule has 0 saturated heterocycles. The van der Waals surface area contributed by atoms with Gasteiger partial charge in [0.05, 0.1) is 27.9 Å². The fourth-order valence-corrected chi connectivity index (χ4v) is 2.75. The van der Waals surface area contributed by atoms with E-state index in [-0.39, 0.29) is 5.92 Å². The van der Waals surface area contributed by atoms with Crippen LogP contribution in [0.2, 0.25) is 5.02 Å². The number of anilines is 1. The van der Waals surface area contributed by atoms with Gasteiger partial charge in [0.1, 0.15) is 11.6 Å².